The average Bonchev–Trinajstić information content (AvgIpc) is 2.35. The van der Waals surface area contributed by atoms with Gasteiger partial charge in [0.15, 0.2) is 0 Å². The summed E-state index contributed by atoms with van der Waals surface area (Å²) in [4.78, 5) is 14.5. The molecule has 17 heavy (non-hydrogen) atoms. The van der Waals surface area contributed by atoms with E-state index in [0.29, 0.717) is 12.0 Å². The van der Waals surface area contributed by atoms with Crippen LogP contribution in [-0.4, -0.2) is 27.4 Å². The first-order chi connectivity index (χ1) is 8.13. The fraction of sp³-hybridized carbons (Fsp3) is 0.417. The molecule has 5 nitrogen and oxygen atoms in total. The second-order valence-corrected chi connectivity index (χ2v) is 4.34. The molecule has 0 radical (unpaired) electrons. The summed E-state index contributed by atoms with van der Waals surface area (Å²) in [6.07, 6.45) is 3.49. The molecule has 0 unspecified atom stereocenters. The lowest BCUT2D eigenvalue weighted by Gasteiger charge is -2.29. The fourth-order valence-electron chi connectivity index (χ4n) is 2.11. The molecule has 2 rings (SSSR count). The number of nitrogens with zero attached hydrogens (tertiary/aromatic N) is 2. The van der Waals surface area contributed by atoms with Gasteiger partial charge in [0.2, 0.25) is 0 Å². The molecule has 5 heteroatoms. The van der Waals surface area contributed by atoms with Gasteiger partial charge in [-0.05, 0) is 35.2 Å². The Balaban J connectivity index is 2.40. The predicted octanol–water partition coefficient (Wildman–Crippen LogP) is 1.62. The van der Waals surface area contributed by atoms with Gasteiger partial charge in [0.25, 0.3) is 0 Å². The second kappa shape index (κ2) is 4.73. The molecule has 0 aromatic carbocycles. The van der Waals surface area contributed by atoms with Gasteiger partial charge in [0.1, 0.15) is 5.69 Å². The van der Waals surface area contributed by atoms with E-state index in [1.54, 1.807) is 18.3 Å². The number of rotatable bonds is 2. The van der Waals surface area contributed by atoms with E-state index in [2.05, 4.69) is 10.2 Å². The van der Waals surface area contributed by atoms with Crippen LogP contribution in [-0.2, 0) is 0 Å². The normalized spacial score (nSPS) is 28.6. The molecule has 0 aliphatic heterocycles. The van der Waals surface area contributed by atoms with Gasteiger partial charge in [0.05, 0.1) is 18.4 Å². The highest BCUT2D eigenvalue weighted by atomic mass is 16.3. The van der Waals surface area contributed by atoms with Gasteiger partial charge in [-0.25, -0.2) is 0 Å². The van der Waals surface area contributed by atoms with Crippen LogP contribution in [0.2, 0.25) is 0 Å². The molecular weight excluding hydrogens is 220 g/mol. The summed E-state index contributed by atoms with van der Waals surface area (Å²) in [5, 5.41) is 22.3. The number of aromatic nitrogens is 1. The molecule has 1 heterocycles. The number of hydrogen-bond acceptors (Lipinski definition) is 5. The van der Waals surface area contributed by atoms with Gasteiger partial charge in [-0.1, -0.05) is 6.92 Å². The van der Waals surface area contributed by atoms with Crippen LogP contribution in [0.1, 0.15) is 18.9 Å². The number of allylic oxidation sites excluding steroid dienone is 1. The topological polar surface area (TPSA) is 82.8 Å². The first kappa shape index (κ1) is 11.9. The van der Waals surface area contributed by atoms with Crippen molar-refractivity contribution in [2.75, 3.05) is 0 Å². The monoisotopic (exact) mass is 234 g/mol. The third kappa shape index (κ3) is 2.25. The van der Waals surface area contributed by atoms with Crippen LogP contribution in [0.25, 0.3) is 5.57 Å². The van der Waals surface area contributed by atoms with Crippen LogP contribution in [0.5, 0.6) is 0 Å². The molecular formula is C12H14N2O3. The van der Waals surface area contributed by atoms with E-state index in [1.165, 1.54) is 6.20 Å². The first-order valence-corrected chi connectivity index (χ1v) is 5.48. The number of pyridine rings is 1. The Morgan fingerprint density at radius 2 is 2.24 bits per heavy atom. The van der Waals surface area contributed by atoms with Crippen molar-refractivity contribution in [1.82, 2.24) is 4.98 Å². The molecule has 2 N–H and O–H groups in total. The van der Waals surface area contributed by atoms with Crippen molar-refractivity contribution in [2.45, 2.75) is 25.6 Å². The SMILES string of the molecule is C[C@H]1CC(c2ccncc2N=O)=C[C@H](O)[C@@H]1O. The Hall–Kier alpha value is -1.59. The van der Waals surface area contributed by atoms with Gasteiger partial charge in [-0.15, -0.1) is 4.91 Å². The third-order valence-electron chi connectivity index (χ3n) is 3.09. The van der Waals surface area contributed by atoms with Gasteiger partial charge in [0, 0.05) is 11.8 Å². The van der Waals surface area contributed by atoms with E-state index in [0.717, 1.165) is 5.57 Å². The maximum atomic E-state index is 10.7. The summed E-state index contributed by atoms with van der Waals surface area (Å²) in [5.74, 6) is -0.0577. The van der Waals surface area contributed by atoms with Gasteiger partial charge < -0.3 is 10.2 Å². The Morgan fingerprint density at radius 1 is 1.47 bits per heavy atom. The van der Waals surface area contributed by atoms with Crippen molar-refractivity contribution in [3.05, 3.63) is 35.0 Å². The van der Waals surface area contributed by atoms with Crippen LogP contribution in [0.3, 0.4) is 0 Å². The molecule has 90 valence electrons. The predicted molar refractivity (Wildman–Crippen MR) is 63.5 cm³/mol. The Morgan fingerprint density at radius 3 is 2.88 bits per heavy atom. The number of aliphatic hydroxyl groups is 2. The highest BCUT2D eigenvalue weighted by molar-refractivity contribution is 5.75. The van der Waals surface area contributed by atoms with Gasteiger partial charge in [-0.3, -0.25) is 4.98 Å². The Kier molecular flexibility index (Phi) is 3.31. The van der Waals surface area contributed by atoms with Crippen molar-refractivity contribution in [2.24, 2.45) is 11.1 Å². The summed E-state index contributed by atoms with van der Waals surface area (Å²) in [6, 6.07) is 1.69. The summed E-state index contributed by atoms with van der Waals surface area (Å²) < 4.78 is 0. The zero-order valence-electron chi connectivity index (χ0n) is 9.45. The molecule has 0 amide bonds. The summed E-state index contributed by atoms with van der Waals surface area (Å²) in [6.45, 7) is 1.86. The highest BCUT2D eigenvalue weighted by Gasteiger charge is 2.28. The van der Waals surface area contributed by atoms with Crippen molar-refractivity contribution in [1.29, 1.82) is 0 Å². The van der Waals surface area contributed by atoms with Crippen LogP contribution in [0.15, 0.2) is 29.7 Å². The minimum Gasteiger partial charge on any atom is -0.390 e. The quantitative estimate of drug-likeness (QED) is 0.762. The lowest BCUT2D eigenvalue weighted by molar-refractivity contribution is 0.00957. The van der Waals surface area contributed by atoms with Gasteiger partial charge in [-0.2, -0.15) is 0 Å². The molecule has 1 aliphatic carbocycles. The smallest absolute Gasteiger partial charge is 0.133 e. The van der Waals surface area contributed by atoms with Crippen LogP contribution in [0, 0.1) is 10.8 Å². The van der Waals surface area contributed by atoms with E-state index in [9.17, 15) is 15.1 Å². The van der Waals surface area contributed by atoms with E-state index >= 15 is 0 Å². The minimum absolute atomic E-state index is 0.0577. The zero-order chi connectivity index (χ0) is 12.4. The van der Waals surface area contributed by atoms with Crippen LogP contribution < -0.4 is 0 Å². The molecule has 0 spiro atoms. The van der Waals surface area contributed by atoms with Gasteiger partial charge >= 0.3 is 0 Å². The van der Waals surface area contributed by atoms with Crippen LogP contribution >= 0.6 is 0 Å². The van der Waals surface area contributed by atoms with Crippen LogP contribution in [0.4, 0.5) is 5.69 Å². The van der Waals surface area contributed by atoms with Crippen molar-refractivity contribution >= 4 is 11.3 Å². The summed E-state index contributed by atoms with van der Waals surface area (Å²) in [7, 11) is 0. The van der Waals surface area contributed by atoms with E-state index in [-0.39, 0.29) is 11.6 Å². The largest absolute Gasteiger partial charge is 0.390 e. The van der Waals surface area contributed by atoms with Crippen molar-refractivity contribution in [3.8, 4) is 0 Å². The fourth-order valence-corrected chi connectivity index (χ4v) is 2.11. The molecule has 0 saturated heterocycles. The number of nitroso groups, excluding NO2 is 1. The molecule has 1 aromatic rings. The first-order valence-electron chi connectivity index (χ1n) is 5.48. The van der Waals surface area contributed by atoms with E-state index in [1.807, 2.05) is 6.92 Å². The van der Waals surface area contributed by atoms with E-state index in [4.69, 9.17) is 0 Å². The number of aliphatic hydroxyl groups excluding tert-OH is 2. The lowest BCUT2D eigenvalue weighted by Crippen LogP contribution is -2.34. The third-order valence-corrected chi connectivity index (χ3v) is 3.09. The molecule has 1 aliphatic rings. The Labute approximate surface area is 98.8 Å². The van der Waals surface area contributed by atoms with Crippen molar-refractivity contribution < 1.29 is 10.2 Å². The lowest BCUT2D eigenvalue weighted by atomic mass is 9.83. The molecule has 0 saturated carbocycles. The average molecular weight is 234 g/mol. The van der Waals surface area contributed by atoms with Crippen molar-refractivity contribution in [3.63, 3.8) is 0 Å². The zero-order valence-corrected chi connectivity index (χ0v) is 9.45. The molecule has 3 atom stereocenters. The minimum atomic E-state index is -0.901. The maximum absolute atomic E-state index is 10.7. The second-order valence-electron chi connectivity index (χ2n) is 4.34. The summed E-state index contributed by atoms with van der Waals surface area (Å²) >= 11 is 0. The number of hydrogen-bond donors (Lipinski definition) is 2. The molecule has 0 bridgehead atoms. The standard InChI is InChI=1S/C12H14N2O3/c1-7-4-8(5-11(15)12(7)16)9-2-3-13-6-10(9)14-17/h2-3,5-7,11-12,15-16H,4H2,1H3/t7-,11-,12+/m0/s1. The Bertz CT molecular complexity index is 459. The maximum Gasteiger partial charge on any atom is 0.133 e. The molecule has 0 fully saturated rings. The molecule has 1 aromatic heterocycles. The van der Waals surface area contributed by atoms with E-state index < -0.39 is 12.2 Å². The summed E-state index contributed by atoms with van der Waals surface area (Å²) in [5.41, 5.74) is 1.76. The highest BCUT2D eigenvalue weighted by Crippen LogP contribution is 2.35.